The smallest absolute Gasteiger partial charge is 0.244 e. The Hall–Kier alpha value is -1.27. The normalized spacial score (nSPS) is 26.1. The first-order chi connectivity index (χ1) is 9.93. The number of nitrogens with one attached hydrogen (secondary N) is 1. The Morgan fingerprint density at radius 1 is 1.43 bits per heavy atom. The summed E-state index contributed by atoms with van der Waals surface area (Å²) in [5.74, 6) is 0.231. The van der Waals surface area contributed by atoms with E-state index in [1.165, 1.54) is 12.1 Å². The van der Waals surface area contributed by atoms with Crippen LogP contribution in [0.15, 0.2) is 24.3 Å². The van der Waals surface area contributed by atoms with Gasteiger partial charge in [-0.25, -0.2) is 4.39 Å². The van der Waals surface area contributed by atoms with Crippen molar-refractivity contribution in [1.82, 2.24) is 10.2 Å². The number of hydrogen-bond acceptors (Lipinski definition) is 3. The summed E-state index contributed by atoms with van der Waals surface area (Å²) in [6.45, 7) is 1.92. The monoisotopic (exact) mass is 310 g/mol. The number of halogens is 1. The Morgan fingerprint density at radius 3 is 2.57 bits per heavy atom. The van der Waals surface area contributed by atoms with Crippen LogP contribution in [-0.2, 0) is 15.6 Å². The number of rotatable bonds is 4. The molecule has 3 unspecified atom stereocenters. The van der Waals surface area contributed by atoms with Gasteiger partial charge in [-0.2, -0.15) is 0 Å². The number of carbonyl (C=O) groups is 1. The van der Waals surface area contributed by atoms with Gasteiger partial charge >= 0.3 is 0 Å². The largest absolute Gasteiger partial charge is 0.318 e. The summed E-state index contributed by atoms with van der Waals surface area (Å²) < 4.78 is 24.6. The summed E-state index contributed by atoms with van der Waals surface area (Å²) in [4.78, 5) is 14.4. The van der Waals surface area contributed by atoms with Gasteiger partial charge < -0.3 is 4.90 Å². The number of carbonyl (C=O) groups excluding carboxylic acids is 1. The van der Waals surface area contributed by atoms with Gasteiger partial charge in [0.2, 0.25) is 5.91 Å². The quantitative estimate of drug-likeness (QED) is 0.918. The van der Waals surface area contributed by atoms with Crippen molar-refractivity contribution in [3.8, 4) is 0 Å². The summed E-state index contributed by atoms with van der Waals surface area (Å²) in [7, 11) is -0.968. The van der Waals surface area contributed by atoms with Gasteiger partial charge in [0.1, 0.15) is 17.5 Å². The Bertz CT molecular complexity index is 586. The van der Waals surface area contributed by atoms with Crippen molar-refractivity contribution in [2.75, 3.05) is 12.0 Å². The van der Waals surface area contributed by atoms with Crippen LogP contribution in [0, 0.1) is 5.82 Å². The molecule has 1 saturated heterocycles. The van der Waals surface area contributed by atoms with E-state index in [2.05, 4.69) is 5.32 Å². The molecular formula is C15H19FN2O2S. The predicted octanol–water partition coefficient (Wildman–Crippen LogP) is 1.56. The zero-order valence-corrected chi connectivity index (χ0v) is 13.0. The van der Waals surface area contributed by atoms with Gasteiger partial charge in [0.25, 0.3) is 0 Å². The van der Waals surface area contributed by atoms with Crippen LogP contribution >= 0.6 is 0 Å². The van der Waals surface area contributed by atoms with Crippen molar-refractivity contribution in [3.05, 3.63) is 35.6 Å². The number of benzene rings is 1. The van der Waals surface area contributed by atoms with Crippen molar-refractivity contribution in [1.29, 1.82) is 0 Å². The van der Waals surface area contributed by atoms with Gasteiger partial charge in [0.15, 0.2) is 0 Å². The lowest BCUT2D eigenvalue weighted by atomic mass is 10.1. The SMILES string of the molecule is CC(CS(C)=O)N1C(=O)C2(CC2)NC1c1ccc(F)cc1. The minimum Gasteiger partial charge on any atom is -0.318 e. The topological polar surface area (TPSA) is 49.4 Å². The Balaban J connectivity index is 1.91. The molecule has 3 rings (SSSR count). The van der Waals surface area contributed by atoms with E-state index in [9.17, 15) is 13.4 Å². The first-order valence-electron chi connectivity index (χ1n) is 7.09. The lowest BCUT2D eigenvalue weighted by molar-refractivity contribution is -0.132. The second-order valence-electron chi connectivity index (χ2n) is 5.98. The summed E-state index contributed by atoms with van der Waals surface area (Å²) in [5, 5.41) is 3.39. The highest BCUT2D eigenvalue weighted by Gasteiger charge is 2.60. The maximum atomic E-state index is 13.1. The van der Waals surface area contributed by atoms with Crippen LogP contribution in [0.2, 0.25) is 0 Å². The third-order valence-corrected chi connectivity index (χ3v) is 5.17. The van der Waals surface area contributed by atoms with E-state index in [4.69, 9.17) is 0 Å². The Labute approximate surface area is 126 Å². The summed E-state index contributed by atoms with van der Waals surface area (Å²) in [5.41, 5.74) is 0.421. The number of hydrogen-bond donors (Lipinski definition) is 1. The molecule has 6 heteroatoms. The summed E-state index contributed by atoms with van der Waals surface area (Å²) in [6.07, 6.45) is 3.05. The highest BCUT2D eigenvalue weighted by atomic mass is 32.2. The molecule has 0 bridgehead atoms. The van der Waals surface area contributed by atoms with Gasteiger partial charge in [-0.3, -0.25) is 14.3 Å². The van der Waals surface area contributed by atoms with Crippen LogP contribution in [0.4, 0.5) is 4.39 Å². The average molecular weight is 310 g/mol. The fourth-order valence-electron chi connectivity index (χ4n) is 3.00. The molecule has 1 aromatic rings. The van der Waals surface area contributed by atoms with E-state index < -0.39 is 16.3 Å². The van der Waals surface area contributed by atoms with Crippen molar-refractivity contribution in [2.24, 2.45) is 0 Å². The summed E-state index contributed by atoms with van der Waals surface area (Å²) >= 11 is 0. The molecule has 1 amide bonds. The lowest BCUT2D eigenvalue weighted by Crippen LogP contribution is -2.41. The van der Waals surface area contributed by atoms with Crippen LogP contribution in [-0.4, -0.2) is 38.6 Å². The molecule has 1 spiro atoms. The molecule has 2 aliphatic rings. The molecule has 1 aromatic carbocycles. The first-order valence-corrected chi connectivity index (χ1v) is 8.82. The van der Waals surface area contributed by atoms with Crippen molar-refractivity contribution >= 4 is 16.7 Å². The number of amides is 1. The minimum atomic E-state index is -0.968. The molecule has 21 heavy (non-hydrogen) atoms. The van der Waals surface area contributed by atoms with Crippen molar-refractivity contribution in [2.45, 2.75) is 37.5 Å². The predicted molar refractivity (Wildman–Crippen MR) is 79.5 cm³/mol. The highest BCUT2D eigenvalue weighted by Crippen LogP contribution is 2.46. The molecule has 1 aliphatic carbocycles. The highest BCUT2D eigenvalue weighted by molar-refractivity contribution is 7.84. The lowest BCUT2D eigenvalue weighted by Gasteiger charge is -2.30. The van der Waals surface area contributed by atoms with Gasteiger partial charge in [0, 0.05) is 28.9 Å². The van der Waals surface area contributed by atoms with Gasteiger partial charge in [-0.05, 0) is 37.5 Å². The van der Waals surface area contributed by atoms with Crippen LogP contribution < -0.4 is 5.32 Å². The maximum Gasteiger partial charge on any atom is 0.244 e. The molecule has 4 nitrogen and oxygen atoms in total. The molecule has 1 heterocycles. The second kappa shape index (κ2) is 5.18. The van der Waals surface area contributed by atoms with Crippen molar-refractivity contribution < 1.29 is 13.4 Å². The summed E-state index contributed by atoms with van der Waals surface area (Å²) in [6, 6.07) is 6.08. The van der Waals surface area contributed by atoms with E-state index in [0.717, 1.165) is 18.4 Å². The molecule has 3 atom stereocenters. The van der Waals surface area contributed by atoms with Gasteiger partial charge in [-0.1, -0.05) is 12.1 Å². The van der Waals surface area contributed by atoms with E-state index >= 15 is 0 Å². The maximum absolute atomic E-state index is 13.1. The zero-order valence-electron chi connectivity index (χ0n) is 12.1. The number of nitrogens with zero attached hydrogens (tertiary/aromatic N) is 1. The van der Waals surface area contributed by atoms with Crippen molar-refractivity contribution in [3.63, 3.8) is 0 Å². The van der Waals surface area contributed by atoms with Crippen LogP contribution in [0.25, 0.3) is 0 Å². The van der Waals surface area contributed by atoms with Gasteiger partial charge in [-0.15, -0.1) is 0 Å². The molecule has 1 N–H and O–H groups in total. The van der Waals surface area contributed by atoms with Crippen LogP contribution in [0.3, 0.4) is 0 Å². The molecule has 0 radical (unpaired) electrons. The Morgan fingerprint density at radius 2 is 2.05 bits per heavy atom. The van der Waals surface area contributed by atoms with E-state index in [1.807, 2.05) is 6.92 Å². The zero-order chi connectivity index (χ0) is 15.2. The Kier molecular flexibility index (Phi) is 3.61. The molecular weight excluding hydrogens is 291 g/mol. The van der Waals surface area contributed by atoms with E-state index in [0.29, 0.717) is 5.75 Å². The van der Waals surface area contributed by atoms with Gasteiger partial charge in [0.05, 0.1) is 0 Å². The fraction of sp³-hybridized carbons (Fsp3) is 0.533. The first kappa shape index (κ1) is 14.7. The average Bonchev–Trinajstić information content (AvgIpc) is 3.12. The minimum absolute atomic E-state index is 0.0785. The fourth-order valence-corrected chi connectivity index (χ4v) is 3.84. The third kappa shape index (κ3) is 2.62. The van der Waals surface area contributed by atoms with Crippen LogP contribution in [0.1, 0.15) is 31.5 Å². The molecule has 114 valence electrons. The standard InChI is InChI=1S/C15H19FN2O2S/c1-10(9-21(2)20)18-13(11-3-5-12(16)6-4-11)17-15(7-8-15)14(18)19/h3-6,10,13,17H,7-9H2,1-2H3. The molecule has 1 saturated carbocycles. The van der Waals surface area contributed by atoms with E-state index in [-0.39, 0.29) is 23.9 Å². The molecule has 1 aliphatic heterocycles. The van der Waals surface area contributed by atoms with Crippen LogP contribution in [0.5, 0.6) is 0 Å². The molecule has 2 fully saturated rings. The van der Waals surface area contributed by atoms with E-state index in [1.54, 1.807) is 23.3 Å². The second-order valence-corrected chi connectivity index (χ2v) is 7.46. The third-order valence-electron chi connectivity index (χ3n) is 4.22. The molecule has 0 aromatic heterocycles.